The summed E-state index contributed by atoms with van der Waals surface area (Å²) in [5.41, 5.74) is 0.441. The van der Waals surface area contributed by atoms with Crippen molar-refractivity contribution in [2.24, 2.45) is 0 Å². The minimum Gasteiger partial charge on any atom is -0.495 e. The van der Waals surface area contributed by atoms with Crippen LogP contribution in [0.1, 0.15) is 10.4 Å². The molecule has 0 aliphatic carbocycles. The third-order valence-corrected chi connectivity index (χ3v) is 4.41. The summed E-state index contributed by atoms with van der Waals surface area (Å²) in [7, 11) is -1.000. The third kappa shape index (κ3) is 3.20. The number of hydrogen-bond donors (Lipinski definition) is 2. The van der Waals surface area contributed by atoms with Crippen molar-refractivity contribution in [2.45, 2.75) is 4.90 Å². The maximum absolute atomic E-state index is 12.5. The average Bonchev–Trinajstić information content (AvgIpc) is 2.54. The zero-order valence-corrected chi connectivity index (χ0v) is 13.0. The Morgan fingerprint density at radius 2 is 1.68 bits per heavy atom. The molecule has 2 aromatic carbocycles. The SMILES string of the molecule is CNC(=O)c1ccccc1NS(=O)(=O)c1ccccc1OC. The van der Waals surface area contributed by atoms with Gasteiger partial charge in [-0.3, -0.25) is 9.52 Å². The number of rotatable bonds is 5. The minimum absolute atomic E-state index is 0.00390. The molecule has 0 aliphatic rings. The molecule has 116 valence electrons. The van der Waals surface area contributed by atoms with Crippen LogP contribution in [0.5, 0.6) is 5.75 Å². The Bertz CT molecular complexity index is 788. The highest BCUT2D eigenvalue weighted by molar-refractivity contribution is 7.92. The second-order valence-electron chi connectivity index (χ2n) is 4.38. The normalized spacial score (nSPS) is 10.8. The number of benzene rings is 2. The lowest BCUT2D eigenvalue weighted by molar-refractivity contribution is 0.0964. The van der Waals surface area contributed by atoms with Crippen LogP contribution in [0.2, 0.25) is 0 Å². The van der Waals surface area contributed by atoms with Crippen molar-refractivity contribution < 1.29 is 17.9 Å². The fourth-order valence-electron chi connectivity index (χ4n) is 1.95. The van der Waals surface area contributed by atoms with E-state index in [9.17, 15) is 13.2 Å². The molecule has 0 atom stereocenters. The summed E-state index contributed by atoms with van der Waals surface area (Å²) < 4.78 is 32.5. The van der Waals surface area contributed by atoms with Gasteiger partial charge in [0.1, 0.15) is 10.6 Å². The van der Waals surface area contributed by atoms with E-state index in [0.717, 1.165) is 0 Å². The molecule has 7 heteroatoms. The number of para-hydroxylation sites is 2. The van der Waals surface area contributed by atoms with Crippen molar-refractivity contribution in [3.63, 3.8) is 0 Å². The van der Waals surface area contributed by atoms with Gasteiger partial charge in [0.05, 0.1) is 18.4 Å². The quantitative estimate of drug-likeness (QED) is 0.880. The number of anilines is 1. The molecule has 2 N–H and O–H groups in total. The highest BCUT2D eigenvalue weighted by Gasteiger charge is 2.21. The molecule has 0 bridgehead atoms. The smallest absolute Gasteiger partial charge is 0.265 e. The molecule has 0 spiro atoms. The number of hydrogen-bond acceptors (Lipinski definition) is 4. The molecule has 2 rings (SSSR count). The summed E-state index contributed by atoms with van der Waals surface area (Å²) in [6.07, 6.45) is 0. The topological polar surface area (TPSA) is 84.5 Å². The second kappa shape index (κ2) is 6.48. The molecule has 0 unspecified atom stereocenters. The molecule has 22 heavy (non-hydrogen) atoms. The molecule has 0 aliphatic heterocycles. The number of ether oxygens (including phenoxy) is 1. The molecule has 1 amide bonds. The third-order valence-electron chi connectivity index (χ3n) is 3.00. The molecule has 0 saturated carbocycles. The monoisotopic (exact) mass is 320 g/mol. The maximum Gasteiger partial charge on any atom is 0.265 e. The van der Waals surface area contributed by atoms with Gasteiger partial charge in [-0.1, -0.05) is 24.3 Å². The van der Waals surface area contributed by atoms with Crippen molar-refractivity contribution in [2.75, 3.05) is 18.9 Å². The first kappa shape index (κ1) is 15.8. The predicted molar refractivity (Wildman–Crippen MR) is 83.6 cm³/mol. The summed E-state index contributed by atoms with van der Waals surface area (Å²) in [6, 6.07) is 12.6. The summed E-state index contributed by atoms with van der Waals surface area (Å²) in [4.78, 5) is 11.8. The van der Waals surface area contributed by atoms with Gasteiger partial charge >= 0.3 is 0 Å². The fourth-order valence-corrected chi connectivity index (χ4v) is 3.20. The first-order valence-electron chi connectivity index (χ1n) is 6.46. The number of carbonyl (C=O) groups excluding carboxylic acids is 1. The Kier molecular flexibility index (Phi) is 4.67. The van der Waals surface area contributed by atoms with Gasteiger partial charge < -0.3 is 10.1 Å². The number of nitrogens with one attached hydrogen (secondary N) is 2. The van der Waals surface area contributed by atoms with Crippen molar-refractivity contribution in [1.82, 2.24) is 5.32 Å². The fraction of sp³-hybridized carbons (Fsp3) is 0.133. The van der Waals surface area contributed by atoms with Crippen LogP contribution in [0.4, 0.5) is 5.69 Å². The summed E-state index contributed by atoms with van der Waals surface area (Å²) in [5, 5.41) is 2.47. The molecule has 6 nitrogen and oxygen atoms in total. The molecular weight excluding hydrogens is 304 g/mol. The van der Waals surface area contributed by atoms with Crippen LogP contribution >= 0.6 is 0 Å². The standard InChI is InChI=1S/C15H16N2O4S/c1-16-15(18)11-7-3-4-8-12(11)17-22(19,20)14-10-6-5-9-13(14)21-2/h3-10,17H,1-2H3,(H,16,18). The van der Waals surface area contributed by atoms with E-state index in [0.29, 0.717) is 0 Å². The van der Waals surface area contributed by atoms with E-state index in [1.54, 1.807) is 36.4 Å². The highest BCUT2D eigenvalue weighted by Crippen LogP contribution is 2.26. The summed E-state index contributed by atoms with van der Waals surface area (Å²) in [6.45, 7) is 0. The second-order valence-corrected chi connectivity index (χ2v) is 6.03. The zero-order chi connectivity index (χ0) is 16.2. The average molecular weight is 320 g/mol. The Morgan fingerprint density at radius 3 is 2.36 bits per heavy atom. The molecular formula is C15H16N2O4S. The Labute approximate surface area is 129 Å². The van der Waals surface area contributed by atoms with E-state index in [-0.39, 0.29) is 27.8 Å². The van der Waals surface area contributed by atoms with Gasteiger partial charge in [-0.15, -0.1) is 0 Å². The number of sulfonamides is 1. The van der Waals surface area contributed by atoms with E-state index in [1.807, 2.05) is 0 Å². The predicted octanol–water partition coefficient (Wildman–Crippen LogP) is 1.86. The van der Waals surface area contributed by atoms with Gasteiger partial charge in [-0.2, -0.15) is 0 Å². The number of methoxy groups -OCH3 is 1. The van der Waals surface area contributed by atoms with Crippen LogP contribution in [-0.2, 0) is 10.0 Å². The van der Waals surface area contributed by atoms with Gasteiger partial charge in [-0.05, 0) is 24.3 Å². The first-order chi connectivity index (χ1) is 10.5. The molecule has 0 heterocycles. The minimum atomic E-state index is -3.88. The van der Waals surface area contributed by atoms with E-state index in [4.69, 9.17) is 4.74 Å². The lowest BCUT2D eigenvalue weighted by atomic mass is 10.2. The highest BCUT2D eigenvalue weighted by atomic mass is 32.2. The van der Waals surface area contributed by atoms with Crippen LogP contribution in [0, 0.1) is 0 Å². The largest absolute Gasteiger partial charge is 0.495 e. The van der Waals surface area contributed by atoms with Crippen molar-refractivity contribution in [3.05, 3.63) is 54.1 Å². The molecule has 0 fully saturated rings. The van der Waals surface area contributed by atoms with Crippen LogP contribution in [0.25, 0.3) is 0 Å². The van der Waals surface area contributed by atoms with E-state index in [2.05, 4.69) is 10.0 Å². The maximum atomic E-state index is 12.5. The van der Waals surface area contributed by atoms with Crippen LogP contribution in [0.15, 0.2) is 53.4 Å². The Balaban J connectivity index is 2.44. The lowest BCUT2D eigenvalue weighted by Crippen LogP contribution is -2.21. The van der Waals surface area contributed by atoms with Gasteiger partial charge in [0.15, 0.2) is 0 Å². The number of carbonyl (C=O) groups is 1. The molecule has 0 aromatic heterocycles. The van der Waals surface area contributed by atoms with E-state index >= 15 is 0 Å². The molecule has 0 radical (unpaired) electrons. The van der Waals surface area contributed by atoms with Crippen LogP contribution in [0.3, 0.4) is 0 Å². The molecule has 0 saturated heterocycles. The van der Waals surface area contributed by atoms with Crippen molar-refractivity contribution >= 4 is 21.6 Å². The lowest BCUT2D eigenvalue weighted by Gasteiger charge is -2.13. The Morgan fingerprint density at radius 1 is 1.05 bits per heavy atom. The van der Waals surface area contributed by atoms with Gasteiger partial charge in [-0.25, -0.2) is 8.42 Å². The van der Waals surface area contributed by atoms with E-state index < -0.39 is 10.0 Å². The number of amides is 1. The van der Waals surface area contributed by atoms with Gasteiger partial charge in [0.2, 0.25) is 0 Å². The van der Waals surface area contributed by atoms with Crippen LogP contribution < -0.4 is 14.8 Å². The van der Waals surface area contributed by atoms with Crippen LogP contribution in [-0.4, -0.2) is 28.5 Å². The molecule has 2 aromatic rings. The van der Waals surface area contributed by atoms with Crippen molar-refractivity contribution in [1.29, 1.82) is 0 Å². The van der Waals surface area contributed by atoms with Gasteiger partial charge in [0, 0.05) is 7.05 Å². The zero-order valence-electron chi connectivity index (χ0n) is 12.2. The first-order valence-corrected chi connectivity index (χ1v) is 7.95. The summed E-state index contributed by atoms with van der Waals surface area (Å²) >= 11 is 0. The van der Waals surface area contributed by atoms with E-state index in [1.165, 1.54) is 26.3 Å². The summed E-state index contributed by atoms with van der Waals surface area (Å²) in [5.74, 6) is -0.147. The van der Waals surface area contributed by atoms with Crippen molar-refractivity contribution in [3.8, 4) is 5.75 Å². The Hall–Kier alpha value is -2.54. The van der Waals surface area contributed by atoms with Gasteiger partial charge in [0.25, 0.3) is 15.9 Å².